The van der Waals surface area contributed by atoms with E-state index in [2.05, 4.69) is 24.1 Å². The fourth-order valence-corrected chi connectivity index (χ4v) is 3.68. The first-order valence-corrected chi connectivity index (χ1v) is 7.04. The Hall–Kier alpha value is -0.610. The van der Waals surface area contributed by atoms with Crippen LogP contribution in [-0.2, 0) is 9.53 Å². The molecule has 0 radical (unpaired) electrons. The van der Waals surface area contributed by atoms with Gasteiger partial charge in [-0.1, -0.05) is 20.3 Å². The third-order valence-electron chi connectivity index (χ3n) is 4.50. The fraction of sp³-hybridized carbons (Fsp3) is 0.929. The number of esters is 1. The second kappa shape index (κ2) is 5.17. The van der Waals surface area contributed by atoms with Crippen LogP contribution >= 0.6 is 0 Å². The first-order valence-electron chi connectivity index (χ1n) is 7.04. The summed E-state index contributed by atoms with van der Waals surface area (Å²) in [6, 6.07) is 0. The molecule has 1 unspecified atom stereocenters. The minimum atomic E-state index is -0.376. The smallest absolute Gasteiger partial charge is 0.326 e. The third-order valence-corrected chi connectivity index (χ3v) is 4.50. The second-order valence-electron chi connectivity index (χ2n) is 6.45. The summed E-state index contributed by atoms with van der Waals surface area (Å²) in [4.78, 5) is 14.7. The van der Waals surface area contributed by atoms with Crippen molar-refractivity contribution >= 4 is 5.97 Å². The predicted octanol–water partition coefficient (Wildman–Crippen LogP) is 1.40. The van der Waals surface area contributed by atoms with Gasteiger partial charge >= 0.3 is 5.97 Å². The first-order chi connectivity index (χ1) is 8.50. The highest BCUT2D eigenvalue weighted by Crippen LogP contribution is 2.44. The van der Waals surface area contributed by atoms with Crippen molar-refractivity contribution in [3.8, 4) is 0 Å². The summed E-state index contributed by atoms with van der Waals surface area (Å²) in [6.45, 7) is 8.38. The van der Waals surface area contributed by atoms with E-state index in [4.69, 9.17) is 4.74 Å². The van der Waals surface area contributed by atoms with Crippen molar-refractivity contribution in [2.45, 2.75) is 45.1 Å². The van der Waals surface area contributed by atoms with Gasteiger partial charge in [-0.15, -0.1) is 0 Å². The highest BCUT2D eigenvalue weighted by molar-refractivity contribution is 5.81. The Morgan fingerprint density at radius 2 is 1.89 bits per heavy atom. The molecule has 1 atom stereocenters. The van der Waals surface area contributed by atoms with E-state index < -0.39 is 0 Å². The van der Waals surface area contributed by atoms with E-state index >= 15 is 0 Å². The van der Waals surface area contributed by atoms with Crippen molar-refractivity contribution in [3.05, 3.63) is 0 Å². The summed E-state index contributed by atoms with van der Waals surface area (Å²) >= 11 is 0. The standard InChI is InChI=1S/C14H26N2O2/c1-13(2)5-4-6-14(11-13,12(17)18-3)16-9-7-15-8-10-16/h15H,4-11H2,1-3H3. The lowest BCUT2D eigenvalue weighted by molar-refractivity contribution is -0.162. The lowest BCUT2D eigenvalue weighted by Crippen LogP contribution is -2.63. The monoisotopic (exact) mass is 254 g/mol. The van der Waals surface area contributed by atoms with Gasteiger partial charge in [-0.05, 0) is 24.7 Å². The lowest BCUT2D eigenvalue weighted by atomic mass is 9.67. The molecular formula is C14H26N2O2. The van der Waals surface area contributed by atoms with E-state index in [1.165, 1.54) is 13.5 Å². The van der Waals surface area contributed by atoms with Crippen LogP contribution in [0, 0.1) is 5.41 Å². The predicted molar refractivity (Wildman–Crippen MR) is 71.4 cm³/mol. The number of hydrogen-bond donors (Lipinski definition) is 1. The minimum absolute atomic E-state index is 0.0304. The Labute approximate surface area is 110 Å². The molecule has 1 N–H and O–H groups in total. The highest BCUT2D eigenvalue weighted by Gasteiger charge is 2.50. The van der Waals surface area contributed by atoms with Gasteiger partial charge in [0.2, 0.25) is 0 Å². The maximum atomic E-state index is 12.4. The number of nitrogens with one attached hydrogen (secondary N) is 1. The zero-order valence-corrected chi connectivity index (χ0v) is 11.9. The summed E-state index contributed by atoms with van der Waals surface area (Å²) in [7, 11) is 1.52. The molecule has 1 saturated carbocycles. The third kappa shape index (κ3) is 2.54. The van der Waals surface area contributed by atoms with Crippen LogP contribution in [0.2, 0.25) is 0 Å². The molecule has 0 bridgehead atoms. The van der Waals surface area contributed by atoms with Crippen LogP contribution in [0.3, 0.4) is 0 Å². The van der Waals surface area contributed by atoms with E-state index in [0.29, 0.717) is 0 Å². The lowest BCUT2D eigenvalue weighted by Gasteiger charge is -2.50. The largest absolute Gasteiger partial charge is 0.468 e. The molecule has 18 heavy (non-hydrogen) atoms. The Morgan fingerprint density at radius 1 is 1.22 bits per heavy atom. The zero-order valence-electron chi connectivity index (χ0n) is 11.9. The van der Waals surface area contributed by atoms with Gasteiger partial charge in [-0.3, -0.25) is 9.69 Å². The molecule has 1 aliphatic carbocycles. The molecule has 1 aliphatic heterocycles. The van der Waals surface area contributed by atoms with Gasteiger partial charge in [0.1, 0.15) is 5.54 Å². The molecule has 0 amide bonds. The Kier molecular flexibility index (Phi) is 3.97. The van der Waals surface area contributed by atoms with E-state index in [-0.39, 0.29) is 16.9 Å². The number of rotatable bonds is 2. The molecular weight excluding hydrogens is 228 g/mol. The maximum absolute atomic E-state index is 12.4. The van der Waals surface area contributed by atoms with E-state index in [1.807, 2.05) is 0 Å². The second-order valence-corrected chi connectivity index (χ2v) is 6.45. The molecule has 1 heterocycles. The minimum Gasteiger partial charge on any atom is -0.468 e. The van der Waals surface area contributed by atoms with E-state index in [1.54, 1.807) is 0 Å². The van der Waals surface area contributed by atoms with Gasteiger partial charge in [0, 0.05) is 26.2 Å². The summed E-state index contributed by atoms with van der Waals surface area (Å²) in [6.07, 6.45) is 4.19. The molecule has 0 aromatic carbocycles. The highest BCUT2D eigenvalue weighted by atomic mass is 16.5. The molecule has 1 saturated heterocycles. The van der Waals surface area contributed by atoms with E-state index in [0.717, 1.165) is 45.4 Å². The summed E-state index contributed by atoms with van der Waals surface area (Å²) < 4.78 is 5.14. The van der Waals surface area contributed by atoms with Crippen LogP contribution in [0.4, 0.5) is 0 Å². The first kappa shape index (κ1) is 13.8. The summed E-state index contributed by atoms with van der Waals surface area (Å²) in [5, 5.41) is 3.35. The van der Waals surface area contributed by atoms with E-state index in [9.17, 15) is 4.79 Å². The van der Waals surface area contributed by atoms with Crippen molar-refractivity contribution in [3.63, 3.8) is 0 Å². The maximum Gasteiger partial charge on any atom is 0.326 e. The van der Waals surface area contributed by atoms with Crippen LogP contribution < -0.4 is 5.32 Å². The molecule has 2 rings (SSSR count). The average molecular weight is 254 g/mol. The number of methoxy groups -OCH3 is 1. The van der Waals surface area contributed by atoms with Gasteiger partial charge in [0.25, 0.3) is 0 Å². The van der Waals surface area contributed by atoms with Crippen molar-refractivity contribution in [1.82, 2.24) is 10.2 Å². The topological polar surface area (TPSA) is 41.6 Å². The number of carbonyl (C=O) groups is 1. The fourth-order valence-electron chi connectivity index (χ4n) is 3.68. The number of ether oxygens (including phenoxy) is 1. The van der Waals surface area contributed by atoms with Crippen molar-refractivity contribution in [2.24, 2.45) is 5.41 Å². The summed E-state index contributed by atoms with van der Waals surface area (Å²) in [5.41, 5.74) is -0.143. The SMILES string of the molecule is COC(=O)C1(N2CCNCC2)CCCC(C)(C)C1. The molecule has 0 aromatic heterocycles. The van der Waals surface area contributed by atoms with Gasteiger partial charge in [0.15, 0.2) is 0 Å². The Balaban J connectivity index is 2.24. The van der Waals surface area contributed by atoms with Crippen LogP contribution in [-0.4, -0.2) is 49.7 Å². The molecule has 0 aromatic rings. The van der Waals surface area contributed by atoms with Crippen molar-refractivity contribution in [2.75, 3.05) is 33.3 Å². The normalized spacial score (nSPS) is 33.1. The average Bonchev–Trinajstić information content (AvgIpc) is 2.37. The number of nitrogens with zero attached hydrogens (tertiary/aromatic N) is 1. The zero-order chi connectivity index (χ0) is 13.2. The Morgan fingerprint density at radius 3 is 2.44 bits per heavy atom. The van der Waals surface area contributed by atoms with Gasteiger partial charge in [-0.25, -0.2) is 0 Å². The summed E-state index contributed by atoms with van der Waals surface area (Å²) in [5.74, 6) is -0.0304. The molecule has 104 valence electrons. The van der Waals surface area contributed by atoms with Crippen molar-refractivity contribution < 1.29 is 9.53 Å². The van der Waals surface area contributed by atoms with Gasteiger partial charge in [0.05, 0.1) is 7.11 Å². The van der Waals surface area contributed by atoms with Gasteiger partial charge < -0.3 is 10.1 Å². The van der Waals surface area contributed by atoms with Crippen LogP contribution in [0.5, 0.6) is 0 Å². The van der Waals surface area contributed by atoms with Crippen LogP contribution in [0.15, 0.2) is 0 Å². The van der Waals surface area contributed by atoms with Crippen LogP contribution in [0.25, 0.3) is 0 Å². The number of carbonyl (C=O) groups excluding carboxylic acids is 1. The molecule has 0 spiro atoms. The number of hydrogen-bond acceptors (Lipinski definition) is 4. The Bertz CT molecular complexity index is 311. The van der Waals surface area contributed by atoms with Crippen molar-refractivity contribution in [1.29, 1.82) is 0 Å². The number of piperazine rings is 1. The van der Waals surface area contributed by atoms with Gasteiger partial charge in [-0.2, -0.15) is 0 Å². The molecule has 2 aliphatic rings. The molecule has 4 nitrogen and oxygen atoms in total. The molecule has 2 fully saturated rings. The van der Waals surface area contributed by atoms with Crippen LogP contribution in [0.1, 0.15) is 39.5 Å². The molecule has 4 heteroatoms. The quantitative estimate of drug-likeness (QED) is 0.756.